The summed E-state index contributed by atoms with van der Waals surface area (Å²) in [5, 5.41) is 16.4. The van der Waals surface area contributed by atoms with E-state index in [0.717, 1.165) is 24.8 Å². The van der Waals surface area contributed by atoms with Crippen molar-refractivity contribution in [1.29, 1.82) is 5.26 Å². The van der Waals surface area contributed by atoms with Crippen LogP contribution >= 0.6 is 35.2 Å². The van der Waals surface area contributed by atoms with Crippen molar-refractivity contribution in [3.63, 3.8) is 0 Å². The molecule has 1 aliphatic rings. The van der Waals surface area contributed by atoms with Gasteiger partial charge < -0.3 is 10.1 Å². The van der Waals surface area contributed by atoms with Gasteiger partial charge >= 0.3 is 0 Å². The van der Waals surface area contributed by atoms with Gasteiger partial charge in [0.05, 0.1) is 18.2 Å². The summed E-state index contributed by atoms with van der Waals surface area (Å²) in [5.41, 5.74) is 2.02. The van der Waals surface area contributed by atoms with E-state index in [2.05, 4.69) is 23.6 Å². The first-order valence-corrected chi connectivity index (χ1v) is 10.0. The predicted molar refractivity (Wildman–Crippen MR) is 112 cm³/mol. The van der Waals surface area contributed by atoms with Crippen LogP contribution in [0.15, 0.2) is 18.2 Å². The van der Waals surface area contributed by atoms with E-state index in [4.69, 9.17) is 28.6 Å². The number of nitrogens with one attached hydrogen (secondary N) is 2. The largest absolute Gasteiger partial charge is 0.496 e. The number of hydrogen-bond acceptors (Lipinski definition) is 5. The molecule has 0 bridgehead atoms. The lowest BCUT2D eigenvalue weighted by Crippen LogP contribution is -2.34. The molecule has 8 heteroatoms. The summed E-state index contributed by atoms with van der Waals surface area (Å²) in [5.74, 6) is 0.579. The number of carbonyl (C=O) groups excluding carboxylic acids is 1. The SMILES string of the molecule is COc1ccc(Cl)cc1C(=O)NC(=S)Nc1sc2c(c1C#N)CC[C@H](C)C2. The van der Waals surface area contributed by atoms with Crippen LogP contribution in [0, 0.1) is 17.2 Å². The monoisotopic (exact) mass is 419 g/mol. The van der Waals surface area contributed by atoms with Crippen molar-refractivity contribution in [2.75, 3.05) is 12.4 Å². The van der Waals surface area contributed by atoms with Gasteiger partial charge in [-0.2, -0.15) is 5.26 Å². The van der Waals surface area contributed by atoms with Crippen LogP contribution in [0.25, 0.3) is 0 Å². The Labute approximate surface area is 172 Å². The Morgan fingerprint density at radius 3 is 2.96 bits per heavy atom. The Kier molecular flexibility index (Phi) is 6.00. The molecule has 0 saturated carbocycles. The molecule has 1 aliphatic carbocycles. The number of halogens is 1. The van der Waals surface area contributed by atoms with E-state index in [1.54, 1.807) is 12.1 Å². The lowest BCUT2D eigenvalue weighted by atomic mass is 9.89. The molecular formula is C19H18ClN3O2S2. The van der Waals surface area contributed by atoms with E-state index in [0.29, 0.717) is 27.3 Å². The average Bonchev–Trinajstić information content (AvgIpc) is 2.97. The molecule has 2 aromatic rings. The molecule has 27 heavy (non-hydrogen) atoms. The van der Waals surface area contributed by atoms with Crippen LogP contribution in [-0.4, -0.2) is 18.1 Å². The topological polar surface area (TPSA) is 74.2 Å². The van der Waals surface area contributed by atoms with E-state index in [1.165, 1.54) is 29.4 Å². The molecule has 1 amide bonds. The molecule has 140 valence electrons. The zero-order chi connectivity index (χ0) is 19.6. The Morgan fingerprint density at radius 2 is 2.26 bits per heavy atom. The molecule has 1 atom stereocenters. The summed E-state index contributed by atoms with van der Waals surface area (Å²) < 4.78 is 5.20. The maximum Gasteiger partial charge on any atom is 0.261 e. The second kappa shape index (κ2) is 8.26. The van der Waals surface area contributed by atoms with E-state index >= 15 is 0 Å². The second-order valence-corrected chi connectivity index (χ2v) is 8.37. The third-order valence-corrected chi connectivity index (χ3v) is 6.09. The van der Waals surface area contributed by atoms with Gasteiger partial charge in [-0.1, -0.05) is 18.5 Å². The molecule has 2 N–H and O–H groups in total. The van der Waals surface area contributed by atoms with Crippen molar-refractivity contribution >= 4 is 51.2 Å². The van der Waals surface area contributed by atoms with Gasteiger partial charge in [-0.25, -0.2) is 0 Å². The summed E-state index contributed by atoms with van der Waals surface area (Å²) in [6.07, 6.45) is 2.94. The van der Waals surface area contributed by atoms with Crippen LogP contribution < -0.4 is 15.4 Å². The first-order chi connectivity index (χ1) is 12.9. The molecule has 0 aliphatic heterocycles. The Hall–Kier alpha value is -2.14. The number of ether oxygens (including phenoxy) is 1. The van der Waals surface area contributed by atoms with E-state index in [9.17, 15) is 10.1 Å². The highest BCUT2D eigenvalue weighted by molar-refractivity contribution is 7.80. The first kappa shape index (κ1) is 19.6. The molecule has 0 unspecified atom stereocenters. The summed E-state index contributed by atoms with van der Waals surface area (Å²) >= 11 is 12.8. The van der Waals surface area contributed by atoms with Crippen molar-refractivity contribution in [2.45, 2.75) is 26.2 Å². The standard InChI is InChI=1S/C19H18ClN3O2S2/c1-10-3-5-12-14(9-21)18(27-16(12)7-10)23-19(26)22-17(24)13-8-11(20)4-6-15(13)25-2/h4,6,8,10H,3,5,7H2,1-2H3,(H2,22,23,24,26)/t10-/m0/s1. The van der Waals surface area contributed by atoms with Crippen molar-refractivity contribution in [3.8, 4) is 11.8 Å². The number of amides is 1. The fourth-order valence-corrected chi connectivity index (χ4v) is 4.92. The van der Waals surface area contributed by atoms with E-state index in [-0.39, 0.29) is 10.7 Å². The Balaban J connectivity index is 1.76. The molecule has 0 fully saturated rings. The molecule has 1 aromatic carbocycles. The number of thiophene rings is 1. The third-order valence-electron chi connectivity index (χ3n) is 4.48. The predicted octanol–water partition coefficient (Wildman–Crippen LogP) is 4.53. The fourth-order valence-electron chi connectivity index (χ4n) is 3.12. The van der Waals surface area contributed by atoms with Crippen molar-refractivity contribution in [1.82, 2.24) is 5.32 Å². The number of anilines is 1. The molecule has 5 nitrogen and oxygen atoms in total. The molecule has 0 radical (unpaired) electrons. The number of rotatable bonds is 3. The second-order valence-electron chi connectivity index (χ2n) is 6.42. The van der Waals surface area contributed by atoms with Gasteiger partial charge in [0.15, 0.2) is 5.11 Å². The van der Waals surface area contributed by atoms with Gasteiger partial charge in [-0.15, -0.1) is 11.3 Å². The lowest BCUT2D eigenvalue weighted by molar-refractivity contribution is 0.0975. The third kappa shape index (κ3) is 4.24. The van der Waals surface area contributed by atoms with Crippen LogP contribution in [0.4, 0.5) is 5.00 Å². The van der Waals surface area contributed by atoms with Gasteiger partial charge in [0, 0.05) is 9.90 Å². The van der Waals surface area contributed by atoms with Crippen LogP contribution in [-0.2, 0) is 12.8 Å². The van der Waals surface area contributed by atoms with Gasteiger partial charge in [-0.05, 0) is 61.2 Å². The maximum atomic E-state index is 12.5. The number of benzene rings is 1. The highest BCUT2D eigenvalue weighted by atomic mass is 35.5. The number of carbonyl (C=O) groups is 1. The van der Waals surface area contributed by atoms with Crippen LogP contribution in [0.5, 0.6) is 5.75 Å². The number of nitrogens with zero attached hydrogens (tertiary/aromatic N) is 1. The van der Waals surface area contributed by atoms with Crippen molar-refractivity contribution < 1.29 is 9.53 Å². The minimum Gasteiger partial charge on any atom is -0.496 e. The minimum absolute atomic E-state index is 0.130. The van der Waals surface area contributed by atoms with Crippen molar-refractivity contribution in [3.05, 3.63) is 44.8 Å². The Morgan fingerprint density at radius 1 is 1.48 bits per heavy atom. The first-order valence-electron chi connectivity index (χ1n) is 8.43. The highest BCUT2D eigenvalue weighted by Gasteiger charge is 2.24. The van der Waals surface area contributed by atoms with Crippen molar-refractivity contribution in [2.24, 2.45) is 5.92 Å². The van der Waals surface area contributed by atoms with E-state index < -0.39 is 5.91 Å². The van der Waals surface area contributed by atoms with Gasteiger partial charge in [0.25, 0.3) is 5.91 Å². The van der Waals surface area contributed by atoms with Gasteiger partial charge in [0.2, 0.25) is 0 Å². The molecule has 3 rings (SSSR count). The zero-order valence-corrected chi connectivity index (χ0v) is 17.3. The highest BCUT2D eigenvalue weighted by Crippen LogP contribution is 2.39. The van der Waals surface area contributed by atoms with Crippen LogP contribution in [0.1, 0.15) is 39.7 Å². The molecule has 1 heterocycles. The van der Waals surface area contributed by atoms with Gasteiger partial charge in [0.1, 0.15) is 16.8 Å². The van der Waals surface area contributed by atoms with Crippen LogP contribution in [0.2, 0.25) is 5.02 Å². The number of methoxy groups -OCH3 is 1. The van der Waals surface area contributed by atoms with E-state index in [1.807, 2.05) is 0 Å². The molecule has 1 aromatic heterocycles. The fraction of sp³-hybridized carbons (Fsp3) is 0.316. The number of nitriles is 1. The quantitative estimate of drug-likeness (QED) is 0.715. The summed E-state index contributed by atoms with van der Waals surface area (Å²) in [6, 6.07) is 7.05. The maximum absolute atomic E-state index is 12.5. The molecule has 0 saturated heterocycles. The Bertz CT molecular complexity index is 949. The number of fused-ring (bicyclic) bond motifs is 1. The number of hydrogen-bond donors (Lipinski definition) is 2. The summed E-state index contributed by atoms with van der Waals surface area (Å²) in [4.78, 5) is 13.8. The zero-order valence-electron chi connectivity index (χ0n) is 14.9. The summed E-state index contributed by atoms with van der Waals surface area (Å²) in [6.45, 7) is 2.21. The summed E-state index contributed by atoms with van der Waals surface area (Å²) in [7, 11) is 1.48. The van der Waals surface area contributed by atoms with Gasteiger partial charge in [-0.3, -0.25) is 10.1 Å². The van der Waals surface area contributed by atoms with Crippen LogP contribution in [0.3, 0.4) is 0 Å². The molecule has 0 spiro atoms. The lowest BCUT2D eigenvalue weighted by Gasteiger charge is -2.17. The minimum atomic E-state index is -0.430. The average molecular weight is 420 g/mol. The number of thiocarbonyl (C=S) groups is 1. The normalized spacial score (nSPS) is 15.4. The smallest absolute Gasteiger partial charge is 0.261 e. The molecular weight excluding hydrogens is 402 g/mol.